The second-order valence-corrected chi connectivity index (χ2v) is 22.0. The van der Waals surface area contributed by atoms with Gasteiger partial charge in [0.05, 0.1) is 0 Å². The summed E-state index contributed by atoms with van der Waals surface area (Å²) in [6, 6.07) is 9.62. The molecule has 0 saturated heterocycles. The van der Waals surface area contributed by atoms with Gasteiger partial charge in [0.1, 0.15) is 0 Å². The number of rotatable bonds is 4. The minimum absolute atomic E-state index is 0.0642. The van der Waals surface area contributed by atoms with Crippen LogP contribution in [-0.2, 0) is 0 Å². The average Bonchev–Trinajstić information content (AvgIpc) is 2.27. The fourth-order valence-electron chi connectivity index (χ4n) is 2.28. The summed E-state index contributed by atoms with van der Waals surface area (Å²) < 4.78 is 1.22. The number of benzene rings is 1. The molecule has 1 atom stereocenters. The SMILES string of the molecule is C=[C](C(C(=O)c1ccccc1)C(C)(C)C)[Sn]([CH3])([CH3])[CH3]. The first kappa shape index (κ1) is 16.5. The number of ketones is 1. The number of Topliss-reactive ketones (excluding diaryl/α,β-unsaturated/α-hetero) is 1. The van der Waals surface area contributed by atoms with Crippen LogP contribution in [0, 0.1) is 11.3 Å². The van der Waals surface area contributed by atoms with Gasteiger partial charge in [-0.1, -0.05) is 0 Å². The van der Waals surface area contributed by atoms with Crippen molar-refractivity contribution in [2.45, 2.75) is 35.6 Å². The van der Waals surface area contributed by atoms with Gasteiger partial charge in [-0.25, -0.2) is 0 Å². The van der Waals surface area contributed by atoms with Crippen LogP contribution in [0.2, 0.25) is 14.8 Å². The number of carbonyl (C=O) groups is 1. The second-order valence-electron chi connectivity index (χ2n) is 7.30. The predicted molar refractivity (Wildman–Crippen MR) is 86.2 cm³/mol. The van der Waals surface area contributed by atoms with E-state index < -0.39 is 18.4 Å². The number of allylic oxidation sites excluding steroid dienone is 1. The van der Waals surface area contributed by atoms with E-state index in [1.54, 1.807) is 0 Å². The van der Waals surface area contributed by atoms with Crippen LogP contribution in [-0.4, -0.2) is 24.2 Å². The molecule has 0 heterocycles. The van der Waals surface area contributed by atoms with E-state index in [2.05, 4.69) is 42.2 Å². The van der Waals surface area contributed by atoms with Crippen molar-refractivity contribution >= 4 is 24.2 Å². The van der Waals surface area contributed by atoms with Crippen molar-refractivity contribution in [3.8, 4) is 0 Å². The topological polar surface area (TPSA) is 17.1 Å². The van der Waals surface area contributed by atoms with Crippen molar-refractivity contribution in [3.63, 3.8) is 0 Å². The van der Waals surface area contributed by atoms with E-state index in [1.165, 1.54) is 3.59 Å². The Kier molecular flexibility index (Phi) is 5.05. The van der Waals surface area contributed by atoms with Crippen molar-refractivity contribution in [3.05, 3.63) is 46.1 Å². The van der Waals surface area contributed by atoms with E-state index in [9.17, 15) is 4.79 Å². The number of hydrogen-bond donors (Lipinski definition) is 0. The molecule has 2 heteroatoms. The molecule has 0 bridgehead atoms. The first-order valence-corrected chi connectivity index (χ1v) is 16.8. The maximum absolute atomic E-state index is 12.9. The second kappa shape index (κ2) is 5.82. The van der Waals surface area contributed by atoms with Crippen LogP contribution >= 0.6 is 0 Å². The first-order chi connectivity index (χ1) is 8.55. The molecule has 1 aromatic rings. The summed E-state index contributed by atoms with van der Waals surface area (Å²) in [4.78, 5) is 19.8. The molecule has 1 aromatic carbocycles. The number of carbonyl (C=O) groups excluding carboxylic acids is 1. The molecule has 0 aromatic heterocycles. The number of hydrogen-bond acceptors (Lipinski definition) is 1. The summed E-state index contributed by atoms with van der Waals surface area (Å²) >= 11 is -2.30. The fourth-order valence-corrected chi connectivity index (χ4v) is 6.36. The van der Waals surface area contributed by atoms with Crippen LogP contribution < -0.4 is 0 Å². The Morgan fingerprint density at radius 3 is 1.95 bits per heavy atom. The monoisotopic (exact) mass is 366 g/mol. The molecule has 104 valence electrons. The van der Waals surface area contributed by atoms with Crippen LogP contribution in [0.1, 0.15) is 31.1 Å². The summed E-state index contributed by atoms with van der Waals surface area (Å²) in [6.07, 6.45) is 0. The Morgan fingerprint density at radius 1 is 1.11 bits per heavy atom. The Morgan fingerprint density at radius 2 is 1.58 bits per heavy atom. The van der Waals surface area contributed by atoms with Crippen LogP contribution in [0.3, 0.4) is 0 Å². The van der Waals surface area contributed by atoms with Crippen LogP contribution in [0.25, 0.3) is 0 Å². The van der Waals surface area contributed by atoms with Crippen LogP contribution in [0.4, 0.5) is 0 Å². The van der Waals surface area contributed by atoms with E-state index >= 15 is 0 Å². The summed E-state index contributed by atoms with van der Waals surface area (Å²) in [5.41, 5.74) is 0.730. The van der Waals surface area contributed by atoms with Crippen molar-refractivity contribution in [1.82, 2.24) is 0 Å². The zero-order valence-electron chi connectivity index (χ0n) is 13.1. The first-order valence-electron chi connectivity index (χ1n) is 6.83. The Bertz CT molecular complexity index is 460. The molecule has 0 aliphatic carbocycles. The van der Waals surface area contributed by atoms with E-state index in [0.717, 1.165) is 5.56 Å². The standard InChI is InChI=1S/C14H17O.3CH3.Sn/c1-5-12(14(2,3)4)13(15)11-9-7-6-8-10-11;;;;/h6-10,12H,1H2,2-4H3;3*1H3;. The molecule has 0 N–H and O–H groups in total. The normalized spacial score (nSPS) is 14.0. The third-order valence-electron chi connectivity index (χ3n) is 3.50. The molecule has 0 radical (unpaired) electrons. The Labute approximate surface area is 122 Å². The molecule has 1 unspecified atom stereocenters. The van der Waals surface area contributed by atoms with Gasteiger partial charge in [0.25, 0.3) is 0 Å². The van der Waals surface area contributed by atoms with Gasteiger partial charge in [-0.05, 0) is 0 Å². The molecule has 1 nitrogen and oxygen atoms in total. The molecule has 19 heavy (non-hydrogen) atoms. The zero-order valence-corrected chi connectivity index (χ0v) is 15.9. The van der Waals surface area contributed by atoms with Gasteiger partial charge < -0.3 is 0 Å². The van der Waals surface area contributed by atoms with Gasteiger partial charge in [-0.3, -0.25) is 0 Å². The Hall–Kier alpha value is -0.571. The van der Waals surface area contributed by atoms with Gasteiger partial charge in [-0.15, -0.1) is 0 Å². The van der Waals surface area contributed by atoms with E-state index in [4.69, 9.17) is 0 Å². The van der Waals surface area contributed by atoms with E-state index in [-0.39, 0.29) is 17.1 Å². The predicted octanol–water partition coefficient (Wildman–Crippen LogP) is 4.97. The summed E-state index contributed by atoms with van der Waals surface area (Å²) in [5.74, 6) is 0.162. The van der Waals surface area contributed by atoms with Gasteiger partial charge in [0, 0.05) is 0 Å². The van der Waals surface area contributed by atoms with Gasteiger partial charge in [-0.2, -0.15) is 0 Å². The summed E-state index contributed by atoms with van der Waals surface area (Å²) in [7, 11) is 0. The van der Waals surface area contributed by atoms with Crippen molar-refractivity contribution in [2.75, 3.05) is 0 Å². The molecular formula is C17H26OSn. The van der Waals surface area contributed by atoms with Crippen LogP contribution in [0.15, 0.2) is 40.5 Å². The van der Waals surface area contributed by atoms with Gasteiger partial charge in [0.15, 0.2) is 0 Å². The van der Waals surface area contributed by atoms with E-state index in [1.807, 2.05) is 30.3 Å². The third kappa shape index (κ3) is 4.20. The molecule has 0 fully saturated rings. The molecule has 0 spiro atoms. The minimum atomic E-state index is -2.30. The molecule has 0 aliphatic rings. The third-order valence-corrected chi connectivity index (χ3v) is 9.82. The van der Waals surface area contributed by atoms with Gasteiger partial charge in [0.2, 0.25) is 0 Å². The molecular weight excluding hydrogens is 339 g/mol. The summed E-state index contributed by atoms with van der Waals surface area (Å²) in [6.45, 7) is 10.7. The quantitative estimate of drug-likeness (QED) is 0.544. The van der Waals surface area contributed by atoms with Crippen molar-refractivity contribution in [2.24, 2.45) is 11.3 Å². The molecule has 0 amide bonds. The molecule has 0 saturated carbocycles. The molecule has 0 aliphatic heterocycles. The van der Waals surface area contributed by atoms with Crippen molar-refractivity contribution < 1.29 is 4.79 Å². The fraction of sp³-hybridized carbons (Fsp3) is 0.471. The maximum atomic E-state index is 12.9. The molecule has 1 rings (SSSR count). The van der Waals surface area contributed by atoms with Crippen molar-refractivity contribution in [1.29, 1.82) is 0 Å². The zero-order chi connectivity index (χ0) is 14.8. The summed E-state index contributed by atoms with van der Waals surface area (Å²) in [5, 5.41) is 0. The van der Waals surface area contributed by atoms with E-state index in [0.29, 0.717) is 0 Å². The Balaban J connectivity index is 3.21. The van der Waals surface area contributed by atoms with Crippen LogP contribution in [0.5, 0.6) is 0 Å². The average molecular weight is 365 g/mol. The van der Waals surface area contributed by atoms with Gasteiger partial charge >= 0.3 is 122 Å².